The number of alkyl halides is 3. The zero-order valence-corrected chi connectivity index (χ0v) is 28.9. The minimum Gasteiger partial charge on any atom is -0.457 e. The van der Waals surface area contributed by atoms with Crippen molar-refractivity contribution in [3.63, 3.8) is 0 Å². The SMILES string of the molecule is CC(C)C(NC(=O)[C@]1(C(=O)c2ccc(C(=O)NCCCC(=O)OCC(=O)c3ccccc3)cc2)CCCN1C(=O)[C@@H](N)C(C)C)C(=O)C(F)(F)F. The first-order valence-corrected chi connectivity index (χ1v) is 16.6. The van der Waals surface area contributed by atoms with Crippen molar-refractivity contribution >= 4 is 41.0 Å². The monoisotopic (exact) mass is 716 g/mol. The Labute approximate surface area is 293 Å². The summed E-state index contributed by atoms with van der Waals surface area (Å²) in [5.74, 6) is -8.05. The molecule has 51 heavy (non-hydrogen) atoms. The molecule has 1 fully saturated rings. The molecule has 1 aliphatic heterocycles. The van der Waals surface area contributed by atoms with Gasteiger partial charge in [-0.3, -0.25) is 33.6 Å². The summed E-state index contributed by atoms with van der Waals surface area (Å²) in [6, 6.07) is 10.3. The van der Waals surface area contributed by atoms with E-state index in [0.717, 1.165) is 4.90 Å². The van der Waals surface area contributed by atoms with Crippen LogP contribution in [0.25, 0.3) is 0 Å². The van der Waals surface area contributed by atoms with Crippen LogP contribution in [0.4, 0.5) is 13.2 Å². The van der Waals surface area contributed by atoms with Crippen LogP contribution in [0.2, 0.25) is 0 Å². The smallest absolute Gasteiger partial charge is 0.452 e. The van der Waals surface area contributed by atoms with Gasteiger partial charge in [-0.2, -0.15) is 13.2 Å². The number of Topliss-reactive ketones (excluding diaryl/α,β-unsaturated/α-hetero) is 3. The highest BCUT2D eigenvalue weighted by atomic mass is 19.4. The number of ketones is 3. The van der Waals surface area contributed by atoms with E-state index in [0.29, 0.717) is 5.56 Å². The maximum absolute atomic E-state index is 14.2. The average molecular weight is 717 g/mol. The van der Waals surface area contributed by atoms with Crippen molar-refractivity contribution in [1.29, 1.82) is 0 Å². The van der Waals surface area contributed by atoms with Crippen molar-refractivity contribution in [2.75, 3.05) is 19.7 Å². The van der Waals surface area contributed by atoms with E-state index >= 15 is 0 Å². The Morgan fingerprint density at radius 1 is 0.882 bits per heavy atom. The molecule has 3 atom stereocenters. The van der Waals surface area contributed by atoms with Crippen molar-refractivity contribution in [2.24, 2.45) is 17.6 Å². The lowest BCUT2D eigenvalue weighted by Gasteiger charge is -2.39. The van der Waals surface area contributed by atoms with Gasteiger partial charge in [-0.05, 0) is 43.2 Å². The summed E-state index contributed by atoms with van der Waals surface area (Å²) in [7, 11) is 0. The number of carbonyl (C=O) groups excluding carboxylic acids is 7. The van der Waals surface area contributed by atoms with E-state index in [1.165, 1.54) is 38.1 Å². The number of rotatable bonds is 16. The van der Waals surface area contributed by atoms with Crippen LogP contribution in [-0.4, -0.2) is 89.4 Å². The highest BCUT2D eigenvalue weighted by Crippen LogP contribution is 2.35. The van der Waals surface area contributed by atoms with E-state index in [4.69, 9.17) is 10.5 Å². The second-order valence-corrected chi connectivity index (χ2v) is 13.0. The number of nitrogens with two attached hydrogens (primary N) is 1. The minimum absolute atomic E-state index is 0.0676. The number of ether oxygens (including phenoxy) is 1. The number of halogens is 3. The first-order valence-electron chi connectivity index (χ1n) is 16.6. The molecule has 3 rings (SSSR count). The van der Waals surface area contributed by atoms with Crippen molar-refractivity contribution in [1.82, 2.24) is 15.5 Å². The second kappa shape index (κ2) is 17.3. The minimum atomic E-state index is -5.27. The number of amides is 3. The Kier molecular flexibility index (Phi) is 13.8. The maximum Gasteiger partial charge on any atom is 0.452 e. The molecule has 1 aliphatic rings. The van der Waals surface area contributed by atoms with Gasteiger partial charge in [0.05, 0.1) is 12.1 Å². The fourth-order valence-electron chi connectivity index (χ4n) is 5.60. The molecule has 1 heterocycles. The van der Waals surface area contributed by atoms with E-state index in [9.17, 15) is 46.7 Å². The Balaban J connectivity index is 1.73. The normalized spacial score (nSPS) is 17.1. The molecule has 0 spiro atoms. The summed E-state index contributed by atoms with van der Waals surface area (Å²) in [6.45, 7) is 5.50. The summed E-state index contributed by atoms with van der Waals surface area (Å²) >= 11 is 0. The molecule has 0 bridgehead atoms. The van der Waals surface area contributed by atoms with Crippen molar-refractivity contribution in [3.05, 3.63) is 71.3 Å². The molecule has 4 N–H and O–H groups in total. The van der Waals surface area contributed by atoms with Gasteiger partial charge in [0, 0.05) is 36.2 Å². The fourth-order valence-corrected chi connectivity index (χ4v) is 5.60. The van der Waals surface area contributed by atoms with E-state index < -0.39 is 77.5 Å². The summed E-state index contributed by atoms with van der Waals surface area (Å²) in [5, 5.41) is 4.74. The lowest BCUT2D eigenvalue weighted by Crippen LogP contribution is -2.67. The third-order valence-corrected chi connectivity index (χ3v) is 8.63. The highest BCUT2D eigenvalue weighted by molar-refractivity contribution is 6.20. The number of hydrogen-bond acceptors (Lipinski definition) is 9. The molecule has 0 aliphatic carbocycles. The molecule has 1 unspecified atom stereocenters. The van der Waals surface area contributed by atoms with Gasteiger partial charge >= 0.3 is 12.1 Å². The molecule has 15 heteroatoms. The van der Waals surface area contributed by atoms with E-state index in [1.807, 2.05) is 0 Å². The zero-order valence-electron chi connectivity index (χ0n) is 28.9. The largest absolute Gasteiger partial charge is 0.457 e. The van der Waals surface area contributed by atoms with Crippen molar-refractivity contribution < 1.29 is 51.5 Å². The number of esters is 1. The molecule has 3 amide bonds. The molecule has 2 aromatic rings. The van der Waals surface area contributed by atoms with Crippen LogP contribution in [0.3, 0.4) is 0 Å². The van der Waals surface area contributed by atoms with Crippen LogP contribution in [-0.2, 0) is 23.9 Å². The van der Waals surface area contributed by atoms with Crippen LogP contribution in [0.1, 0.15) is 84.5 Å². The number of likely N-dealkylation sites (tertiary alicyclic amines) is 1. The number of carbonyl (C=O) groups is 7. The fraction of sp³-hybridized carbons (Fsp3) is 0.472. The second-order valence-electron chi connectivity index (χ2n) is 13.0. The molecule has 0 radical (unpaired) electrons. The van der Waals surface area contributed by atoms with Gasteiger partial charge in [-0.25, -0.2) is 0 Å². The summed E-state index contributed by atoms with van der Waals surface area (Å²) < 4.78 is 45.3. The first kappa shape index (κ1) is 40.5. The molecule has 1 saturated heterocycles. The standard InChI is InChI=1S/C36H43F3N4O8/c1-21(2)28(40)33(49)43-19-9-17-35(43,34(50)42-29(22(3)4)31(47)36(37,38)39)30(46)24-13-15-25(16-14-24)32(48)41-18-8-12-27(45)51-20-26(44)23-10-6-5-7-11-23/h5-7,10-11,13-16,21-22,28-29H,8-9,12,17-20,40H2,1-4H3,(H,41,48)(H,42,50)/t28-,29?,35+/m0/s1. The van der Waals surface area contributed by atoms with Gasteiger partial charge < -0.3 is 26.0 Å². The summed E-state index contributed by atoms with van der Waals surface area (Å²) in [4.78, 5) is 91.8. The van der Waals surface area contributed by atoms with Gasteiger partial charge in [0.15, 0.2) is 23.7 Å². The predicted octanol–water partition coefficient (Wildman–Crippen LogP) is 3.42. The average Bonchev–Trinajstić information content (AvgIpc) is 3.56. The molecule has 0 aromatic heterocycles. The Hall–Kier alpha value is -4.92. The third kappa shape index (κ3) is 9.87. The quantitative estimate of drug-likeness (QED) is 0.102. The molecule has 12 nitrogen and oxygen atoms in total. The molecule has 0 saturated carbocycles. The Bertz CT molecular complexity index is 1610. The summed E-state index contributed by atoms with van der Waals surface area (Å²) in [5.41, 5.74) is 4.19. The van der Waals surface area contributed by atoms with E-state index in [2.05, 4.69) is 10.6 Å². The van der Waals surface area contributed by atoms with Crippen molar-refractivity contribution in [3.8, 4) is 0 Å². The third-order valence-electron chi connectivity index (χ3n) is 8.63. The van der Waals surface area contributed by atoms with Gasteiger partial charge in [0.1, 0.15) is 0 Å². The van der Waals surface area contributed by atoms with Crippen LogP contribution < -0.4 is 16.4 Å². The van der Waals surface area contributed by atoms with Gasteiger partial charge in [0.2, 0.25) is 5.91 Å². The zero-order chi connectivity index (χ0) is 38.1. The van der Waals surface area contributed by atoms with E-state index in [1.54, 1.807) is 44.2 Å². The maximum atomic E-state index is 14.2. The number of hydrogen-bond donors (Lipinski definition) is 3. The molecular formula is C36H43F3N4O8. The molecule has 276 valence electrons. The van der Waals surface area contributed by atoms with Gasteiger partial charge in [-0.1, -0.05) is 70.2 Å². The number of benzene rings is 2. The topological polar surface area (TPSA) is 182 Å². The lowest BCUT2D eigenvalue weighted by atomic mass is 9.83. The number of nitrogens with zero attached hydrogens (tertiary/aromatic N) is 1. The van der Waals surface area contributed by atoms with E-state index in [-0.39, 0.29) is 55.7 Å². The van der Waals surface area contributed by atoms with Crippen LogP contribution in [0.5, 0.6) is 0 Å². The Morgan fingerprint density at radius 3 is 2.06 bits per heavy atom. The predicted molar refractivity (Wildman–Crippen MR) is 178 cm³/mol. The molecule has 2 aromatic carbocycles. The van der Waals surface area contributed by atoms with Gasteiger partial charge in [-0.15, -0.1) is 0 Å². The van der Waals surface area contributed by atoms with Crippen LogP contribution in [0, 0.1) is 11.8 Å². The van der Waals surface area contributed by atoms with Crippen molar-refractivity contribution in [2.45, 2.75) is 77.2 Å². The van der Waals surface area contributed by atoms with Crippen LogP contribution >= 0.6 is 0 Å². The lowest BCUT2D eigenvalue weighted by molar-refractivity contribution is -0.175. The number of nitrogens with one attached hydrogen (secondary N) is 2. The highest BCUT2D eigenvalue weighted by Gasteiger charge is 2.57. The van der Waals surface area contributed by atoms with Gasteiger partial charge in [0.25, 0.3) is 17.6 Å². The summed E-state index contributed by atoms with van der Waals surface area (Å²) in [6.07, 6.45) is -5.24. The molecular weight excluding hydrogens is 673 g/mol. The van der Waals surface area contributed by atoms with Crippen LogP contribution in [0.15, 0.2) is 54.6 Å². The Morgan fingerprint density at radius 2 is 1.49 bits per heavy atom. The first-order chi connectivity index (χ1) is 23.9.